The van der Waals surface area contributed by atoms with Gasteiger partial charge in [-0.3, -0.25) is 0 Å². The fraction of sp³-hybridized carbons (Fsp3) is 0.455. The van der Waals surface area contributed by atoms with E-state index >= 15 is 0 Å². The van der Waals surface area contributed by atoms with E-state index in [0.717, 1.165) is 3.67 Å². The Labute approximate surface area is 184 Å². The first-order valence-electron chi connectivity index (χ1n) is 8.91. The summed E-state index contributed by atoms with van der Waals surface area (Å²) >= 11 is -0.898. The normalized spacial score (nSPS) is 18.5. The molecule has 0 N–H and O–H groups in total. The van der Waals surface area contributed by atoms with Crippen LogP contribution in [0.3, 0.4) is 0 Å². The molecule has 0 saturated carbocycles. The summed E-state index contributed by atoms with van der Waals surface area (Å²) in [5.41, 5.74) is 3.13. The number of benzene rings is 1. The second kappa shape index (κ2) is 9.21. The van der Waals surface area contributed by atoms with E-state index in [1.807, 2.05) is 0 Å². The van der Waals surface area contributed by atoms with E-state index < -0.39 is 22.9 Å². The summed E-state index contributed by atoms with van der Waals surface area (Å²) in [7, 11) is -0.188. The Morgan fingerprint density at radius 3 is 2.12 bits per heavy atom. The summed E-state index contributed by atoms with van der Waals surface area (Å²) in [6.45, 7) is 14.7. The van der Waals surface area contributed by atoms with Crippen LogP contribution in [-0.2, 0) is 22.9 Å². The second-order valence-corrected chi connectivity index (χ2v) is 18.1. The Morgan fingerprint density at radius 1 is 0.962 bits per heavy atom. The summed E-state index contributed by atoms with van der Waals surface area (Å²) in [5.74, 6) is 0. The molecule has 0 radical (unpaired) electrons. The predicted octanol–water partition coefficient (Wildman–Crippen LogP) is 1.10. The van der Waals surface area contributed by atoms with E-state index in [2.05, 4.69) is 90.1 Å². The van der Waals surface area contributed by atoms with E-state index in [9.17, 15) is 0 Å². The van der Waals surface area contributed by atoms with Gasteiger partial charge in [0.25, 0.3) is 0 Å². The average molecular weight is 574 g/mol. The van der Waals surface area contributed by atoms with E-state index in [-0.39, 0.29) is 32.7 Å². The van der Waals surface area contributed by atoms with Crippen LogP contribution in [0.5, 0.6) is 0 Å². The molecule has 0 amide bonds. The van der Waals surface area contributed by atoms with Crippen molar-refractivity contribution in [3.05, 3.63) is 62.3 Å². The van der Waals surface area contributed by atoms with Gasteiger partial charge in [0, 0.05) is 0 Å². The summed E-state index contributed by atoms with van der Waals surface area (Å²) in [4.78, 5) is 0. The third-order valence-corrected chi connectivity index (χ3v) is 15.0. The monoisotopic (exact) mass is 574 g/mol. The molecule has 4 heteroatoms. The van der Waals surface area contributed by atoms with Crippen molar-refractivity contribution in [2.75, 3.05) is 0 Å². The molecular weight excluding hydrogens is 545 g/mol. The van der Waals surface area contributed by atoms with Gasteiger partial charge in [0.05, 0.1) is 0 Å². The van der Waals surface area contributed by atoms with Crippen molar-refractivity contribution in [3.8, 4) is 0 Å². The summed E-state index contributed by atoms with van der Waals surface area (Å²) in [6, 6.07) is 9.18. The number of fused-ring (bicyclic) bond motifs is 1. The van der Waals surface area contributed by atoms with Crippen molar-refractivity contribution in [2.45, 2.75) is 61.9 Å². The topological polar surface area (TPSA) is 0 Å². The molecule has 1 atom stereocenters. The SMILES string of the molecule is CC(C)(C)P(C1=Cc2ccccc2[CH]1[Hf+2][C]1=CC=CC1)C(C)(C)C.[Cl-].[Cl-]. The molecule has 0 aliphatic heterocycles. The molecule has 3 rings (SSSR count). The average Bonchev–Trinajstić information content (AvgIpc) is 3.05. The molecule has 140 valence electrons. The molecule has 2 aliphatic carbocycles. The van der Waals surface area contributed by atoms with Crippen LogP contribution >= 0.6 is 7.92 Å². The molecule has 0 nitrogen and oxygen atoms in total. The molecule has 1 aromatic carbocycles. The van der Waals surface area contributed by atoms with Crippen LogP contribution in [0, 0.1) is 0 Å². The van der Waals surface area contributed by atoms with Gasteiger partial charge in [0.15, 0.2) is 0 Å². The maximum Gasteiger partial charge on any atom is -1.00 e. The fourth-order valence-electron chi connectivity index (χ4n) is 4.17. The van der Waals surface area contributed by atoms with Gasteiger partial charge in [-0.25, -0.2) is 0 Å². The zero-order chi connectivity index (χ0) is 17.5. The van der Waals surface area contributed by atoms with Gasteiger partial charge in [-0.15, -0.1) is 0 Å². The smallest absolute Gasteiger partial charge is 1.00 e. The molecule has 0 bridgehead atoms. The molecular formula is C22H29Cl2HfP. The van der Waals surface area contributed by atoms with Gasteiger partial charge in [-0.2, -0.15) is 0 Å². The minimum absolute atomic E-state index is 0. The van der Waals surface area contributed by atoms with Crippen molar-refractivity contribution in [3.63, 3.8) is 0 Å². The molecule has 0 saturated heterocycles. The number of hydrogen-bond acceptors (Lipinski definition) is 0. The molecule has 0 heterocycles. The van der Waals surface area contributed by atoms with Gasteiger partial charge in [0.1, 0.15) is 0 Å². The Balaban J connectivity index is 0.00000169. The number of allylic oxidation sites excluding steroid dienone is 5. The Morgan fingerprint density at radius 2 is 1.58 bits per heavy atom. The first-order chi connectivity index (χ1) is 11.2. The van der Waals surface area contributed by atoms with Crippen molar-refractivity contribution in [1.82, 2.24) is 0 Å². The molecule has 0 spiro atoms. The van der Waals surface area contributed by atoms with Gasteiger partial charge in [0.2, 0.25) is 0 Å². The van der Waals surface area contributed by atoms with Crippen LogP contribution in [-0.4, -0.2) is 10.3 Å². The summed E-state index contributed by atoms with van der Waals surface area (Å²) < 4.78 is 2.54. The summed E-state index contributed by atoms with van der Waals surface area (Å²) in [6.07, 6.45) is 10.8. The molecule has 2 aliphatic rings. The Kier molecular flexibility index (Phi) is 8.63. The largest absolute Gasteiger partial charge is 1.00 e. The minimum atomic E-state index is -0.898. The van der Waals surface area contributed by atoms with E-state index in [0.29, 0.717) is 10.3 Å². The number of hydrogen-bond donors (Lipinski definition) is 0. The van der Waals surface area contributed by atoms with Gasteiger partial charge in [-0.1, -0.05) is 0 Å². The predicted molar refractivity (Wildman–Crippen MR) is 105 cm³/mol. The van der Waals surface area contributed by atoms with E-state index in [1.165, 1.54) is 12.0 Å². The van der Waals surface area contributed by atoms with Crippen molar-refractivity contribution < 1.29 is 47.7 Å². The third kappa shape index (κ3) is 5.22. The van der Waals surface area contributed by atoms with Crippen LogP contribution in [0.25, 0.3) is 6.08 Å². The zero-order valence-electron chi connectivity index (χ0n) is 16.6. The van der Waals surface area contributed by atoms with Crippen LogP contribution in [0.4, 0.5) is 0 Å². The van der Waals surface area contributed by atoms with Crippen LogP contribution < -0.4 is 24.8 Å². The molecule has 0 aromatic heterocycles. The maximum atomic E-state index is 2.58. The second-order valence-electron chi connectivity index (χ2n) is 8.78. The van der Waals surface area contributed by atoms with Crippen molar-refractivity contribution >= 4 is 14.0 Å². The molecule has 1 unspecified atom stereocenters. The first kappa shape index (κ1) is 24.4. The first-order valence-corrected chi connectivity index (χ1v) is 14.1. The quantitative estimate of drug-likeness (QED) is 0.376. The zero-order valence-corrected chi connectivity index (χ0v) is 22.6. The van der Waals surface area contributed by atoms with Crippen LogP contribution in [0.1, 0.15) is 62.8 Å². The summed E-state index contributed by atoms with van der Waals surface area (Å²) in [5, 5.41) is 2.50. The van der Waals surface area contributed by atoms with Crippen LogP contribution in [0.15, 0.2) is 51.1 Å². The van der Waals surface area contributed by atoms with Crippen molar-refractivity contribution in [1.29, 1.82) is 0 Å². The van der Waals surface area contributed by atoms with Crippen LogP contribution in [0.2, 0.25) is 0 Å². The fourth-order valence-corrected chi connectivity index (χ4v) is 15.5. The molecule has 26 heavy (non-hydrogen) atoms. The standard InChI is InChI=1S/C17H24P.C5H5.2ClH.Hf/c1-16(2,3)18(17(4,5)6)15-11-13-9-7-8-10-14(13)12-15;1-2-4-5-3-1;;;/h7-12H,1-6H3;1-3H,4H2;2*1H;/q;;;;+2/p-2. The van der Waals surface area contributed by atoms with E-state index in [4.69, 9.17) is 0 Å². The van der Waals surface area contributed by atoms with Gasteiger partial charge in [-0.05, 0) is 0 Å². The Bertz CT molecular complexity index is 706. The maximum absolute atomic E-state index is 2.58. The minimum Gasteiger partial charge on any atom is -1.00 e. The molecule has 0 fully saturated rings. The van der Waals surface area contributed by atoms with Gasteiger partial charge < -0.3 is 24.8 Å². The van der Waals surface area contributed by atoms with E-state index in [1.54, 1.807) is 14.2 Å². The Hall–Kier alpha value is 0.320. The molecule has 1 aromatic rings. The number of rotatable bonds is 3. The third-order valence-electron chi connectivity index (χ3n) is 4.61. The van der Waals surface area contributed by atoms with Crippen molar-refractivity contribution in [2.24, 2.45) is 0 Å². The number of halogens is 2. The van der Waals surface area contributed by atoms with Gasteiger partial charge >= 0.3 is 161 Å².